The average Bonchev–Trinajstić information content (AvgIpc) is 2.19. The van der Waals surface area contributed by atoms with Crippen molar-refractivity contribution in [2.75, 3.05) is 12.3 Å². The van der Waals surface area contributed by atoms with Gasteiger partial charge in [-0.2, -0.15) is 0 Å². The molecule has 0 aliphatic heterocycles. The predicted octanol–water partition coefficient (Wildman–Crippen LogP) is 2.38. The molecule has 5 heteroatoms. The molecule has 2 N–H and O–H groups in total. The van der Waals surface area contributed by atoms with Gasteiger partial charge in [-0.3, -0.25) is 9.59 Å². The third-order valence-electron chi connectivity index (χ3n) is 2.30. The van der Waals surface area contributed by atoms with Crippen LogP contribution in [0.25, 0.3) is 0 Å². The van der Waals surface area contributed by atoms with Gasteiger partial charge in [-0.15, -0.1) is 11.8 Å². The maximum Gasteiger partial charge on any atom is 0.308 e. The highest BCUT2D eigenvalue weighted by atomic mass is 32.2. The molecule has 0 saturated heterocycles. The Hall–Kier alpha value is -0.710. The molecule has 4 nitrogen and oxygen atoms in total. The molecule has 106 valence electrons. The fourth-order valence-electron chi connectivity index (χ4n) is 1.52. The van der Waals surface area contributed by atoms with Crippen LogP contribution in [0.1, 0.15) is 41.0 Å². The van der Waals surface area contributed by atoms with Gasteiger partial charge in [0, 0.05) is 6.54 Å². The maximum absolute atomic E-state index is 11.5. The first-order valence-corrected chi connectivity index (χ1v) is 7.28. The minimum Gasteiger partial charge on any atom is -0.481 e. The Balaban J connectivity index is 4.12. The number of thioether (sulfide) groups is 1. The van der Waals surface area contributed by atoms with Gasteiger partial charge in [0.2, 0.25) is 5.91 Å². The number of nitrogens with one attached hydrogen (secondary N) is 1. The van der Waals surface area contributed by atoms with Gasteiger partial charge in [0.05, 0.1) is 11.7 Å². The third kappa shape index (κ3) is 9.33. The lowest BCUT2D eigenvalue weighted by Crippen LogP contribution is -2.36. The van der Waals surface area contributed by atoms with Gasteiger partial charge >= 0.3 is 5.97 Å². The molecule has 0 aromatic heterocycles. The second kappa shape index (κ2) is 7.67. The van der Waals surface area contributed by atoms with Crippen LogP contribution in [0.5, 0.6) is 0 Å². The van der Waals surface area contributed by atoms with E-state index in [4.69, 9.17) is 5.11 Å². The van der Waals surface area contributed by atoms with Crippen LogP contribution < -0.4 is 5.32 Å². The Morgan fingerprint density at radius 3 is 2.22 bits per heavy atom. The van der Waals surface area contributed by atoms with Crippen LogP contribution in [-0.4, -0.2) is 34.5 Å². The first kappa shape index (κ1) is 17.3. The molecule has 0 aromatic rings. The van der Waals surface area contributed by atoms with E-state index in [1.165, 1.54) is 0 Å². The maximum atomic E-state index is 11.5. The number of carbonyl (C=O) groups excluding carboxylic acids is 1. The zero-order chi connectivity index (χ0) is 14.3. The number of carbonyl (C=O) groups is 2. The summed E-state index contributed by atoms with van der Waals surface area (Å²) in [5, 5.41) is 12.2. The number of rotatable bonds is 7. The second-order valence-corrected chi connectivity index (χ2v) is 7.53. The van der Waals surface area contributed by atoms with Crippen molar-refractivity contribution in [3.05, 3.63) is 0 Å². The molecule has 0 heterocycles. The molecule has 18 heavy (non-hydrogen) atoms. The summed E-state index contributed by atoms with van der Waals surface area (Å²) in [6, 6.07) is 0. The number of hydrogen-bond acceptors (Lipinski definition) is 3. The van der Waals surface area contributed by atoms with Crippen molar-refractivity contribution in [3.8, 4) is 0 Å². The number of hydrogen-bond donors (Lipinski definition) is 2. The molecule has 0 radical (unpaired) electrons. The summed E-state index contributed by atoms with van der Waals surface area (Å²) in [6.07, 6.45) is 0.555. The van der Waals surface area contributed by atoms with E-state index in [2.05, 4.69) is 5.32 Å². The number of carboxylic acid groups (broad SMARTS) is 1. The molecule has 0 rings (SSSR count). The Morgan fingerprint density at radius 2 is 1.83 bits per heavy atom. The fraction of sp³-hybridized carbons (Fsp3) is 0.846. The van der Waals surface area contributed by atoms with Gasteiger partial charge in [-0.1, -0.05) is 34.6 Å². The third-order valence-corrected chi connectivity index (χ3v) is 3.40. The van der Waals surface area contributed by atoms with E-state index in [0.717, 1.165) is 0 Å². The number of amides is 1. The average molecular weight is 275 g/mol. The van der Waals surface area contributed by atoms with Gasteiger partial charge in [-0.25, -0.2) is 0 Å². The lowest BCUT2D eigenvalue weighted by molar-refractivity contribution is -0.142. The summed E-state index contributed by atoms with van der Waals surface area (Å²) in [7, 11) is 0. The molecule has 1 amide bonds. The van der Waals surface area contributed by atoms with Crippen LogP contribution in [0.2, 0.25) is 0 Å². The summed E-state index contributed by atoms with van der Waals surface area (Å²) in [5.74, 6) is -1.06. The zero-order valence-electron chi connectivity index (χ0n) is 11.9. The lowest BCUT2D eigenvalue weighted by Gasteiger charge is -2.23. The Kier molecular flexibility index (Phi) is 7.36. The van der Waals surface area contributed by atoms with Crippen molar-refractivity contribution in [1.82, 2.24) is 5.32 Å². The van der Waals surface area contributed by atoms with Crippen molar-refractivity contribution in [2.45, 2.75) is 46.3 Å². The van der Waals surface area contributed by atoms with E-state index in [1.54, 1.807) is 11.8 Å². The lowest BCUT2D eigenvalue weighted by atomic mass is 9.84. The van der Waals surface area contributed by atoms with E-state index in [0.29, 0.717) is 17.4 Å². The van der Waals surface area contributed by atoms with Crippen LogP contribution in [0.4, 0.5) is 0 Å². The second-order valence-electron chi connectivity index (χ2n) is 5.96. The first-order valence-electron chi connectivity index (χ1n) is 6.23. The van der Waals surface area contributed by atoms with Crippen LogP contribution >= 0.6 is 11.8 Å². The molecule has 1 atom stereocenters. The number of carboxylic acids is 1. The standard InChI is InChI=1S/C13H25NO3S/c1-9(2)18-8-11(15)14-7-10(12(16)17)6-13(3,4)5/h9-10H,6-8H2,1-5H3,(H,14,15)(H,16,17). The smallest absolute Gasteiger partial charge is 0.308 e. The van der Waals surface area contributed by atoms with Crippen molar-refractivity contribution in [3.63, 3.8) is 0 Å². The van der Waals surface area contributed by atoms with Gasteiger partial charge < -0.3 is 10.4 Å². The summed E-state index contributed by atoms with van der Waals surface area (Å²) in [6.45, 7) is 10.3. The van der Waals surface area contributed by atoms with Crippen LogP contribution in [0, 0.1) is 11.3 Å². The number of aliphatic carboxylic acids is 1. The monoisotopic (exact) mass is 275 g/mol. The van der Waals surface area contributed by atoms with Crippen molar-refractivity contribution in [2.24, 2.45) is 11.3 Å². The molecule has 0 bridgehead atoms. The Bertz CT molecular complexity index is 284. The highest BCUT2D eigenvalue weighted by Gasteiger charge is 2.24. The van der Waals surface area contributed by atoms with Gasteiger partial charge in [0.1, 0.15) is 0 Å². The van der Waals surface area contributed by atoms with Crippen molar-refractivity contribution < 1.29 is 14.7 Å². The molecule has 1 unspecified atom stereocenters. The first-order chi connectivity index (χ1) is 8.11. The van der Waals surface area contributed by atoms with E-state index in [-0.39, 0.29) is 17.9 Å². The molecular formula is C13H25NO3S. The van der Waals surface area contributed by atoms with Crippen LogP contribution in [0.3, 0.4) is 0 Å². The SMILES string of the molecule is CC(C)SCC(=O)NCC(CC(C)(C)C)C(=O)O. The minimum absolute atomic E-state index is 0.0551. The van der Waals surface area contributed by atoms with Gasteiger partial charge in [0.25, 0.3) is 0 Å². The normalized spacial score (nSPS) is 13.4. The van der Waals surface area contributed by atoms with E-state index < -0.39 is 11.9 Å². The molecule has 0 fully saturated rings. The molecule has 0 aromatic carbocycles. The van der Waals surface area contributed by atoms with E-state index >= 15 is 0 Å². The van der Waals surface area contributed by atoms with E-state index in [9.17, 15) is 9.59 Å². The van der Waals surface area contributed by atoms with Crippen LogP contribution in [-0.2, 0) is 9.59 Å². The summed E-state index contributed by atoms with van der Waals surface area (Å²) in [5.41, 5.74) is -0.0551. The van der Waals surface area contributed by atoms with Gasteiger partial charge in [-0.05, 0) is 17.1 Å². The molecular weight excluding hydrogens is 250 g/mol. The van der Waals surface area contributed by atoms with Crippen LogP contribution in [0.15, 0.2) is 0 Å². The largest absolute Gasteiger partial charge is 0.481 e. The quantitative estimate of drug-likeness (QED) is 0.748. The zero-order valence-corrected chi connectivity index (χ0v) is 12.8. The Labute approximate surface area is 114 Å². The highest BCUT2D eigenvalue weighted by Crippen LogP contribution is 2.24. The van der Waals surface area contributed by atoms with Gasteiger partial charge in [0.15, 0.2) is 0 Å². The van der Waals surface area contributed by atoms with E-state index in [1.807, 2.05) is 34.6 Å². The minimum atomic E-state index is -0.846. The fourth-order valence-corrected chi connectivity index (χ4v) is 2.10. The molecule has 0 aliphatic rings. The Morgan fingerprint density at radius 1 is 1.28 bits per heavy atom. The summed E-state index contributed by atoms with van der Waals surface area (Å²) >= 11 is 1.55. The van der Waals surface area contributed by atoms with Crippen molar-refractivity contribution in [1.29, 1.82) is 0 Å². The topological polar surface area (TPSA) is 66.4 Å². The molecule has 0 spiro atoms. The summed E-state index contributed by atoms with van der Waals surface area (Å²) < 4.78 is 0. The molecule has 0 aliphatic carbocycles. The summed E-state index contributed by atoms with van der Waals surface area (Å²) in [4.78, 5) is 22.6. The van der Waals surface area contributed by atoms with Crippen molar-refractivity contribution >= 4 is 23.6 Å². The molecule has 0 saturated carbocycles. The predicted molar refractivity (Wildman–Crippen MR) is 75.8 cm³/mol. The highest BCUT2D eigenvalue weighted by molar-refractivity contribution is 8.00.